The number of esters is 2. The molecule has 8 rings (SSSR count). The molecule has 2 aliphatic heterocycles. The van der Waals surface area contributed by atoms with Gasteiger partial charge in [-0.1, -0.05) is 151 Å². The molecule has 0 radical (unpaired) electrons. The Morgan fingerprint density at radius 3 is 1.24 bits per heavy atom. The summed E-state index contributed by atoms with van der Waals surface area (Å²) in [6.07, 6.45) is 17.5. The van der Waals surface area contributed by atoms with Crippen molar-refractivity contribution in [3.63, 3.8) is 0 Å². The predicted molar refractivity (Wildman–Crippen MR) is 249 cm³/mol. The van der Waals surface area contributed by atoms with E-state index in [1.54, 1.807) is 22.7 Å². The molecule has 0 aliphatic carbocycles. The third-order valence-electron chi connectivity index (χ3n) is 11.5. The minimum Gasteiger partial charge on any atom is -0.418 e. The first-order valence-corrected chi connectivity index (χ1v) is 24.1. The van der Waals surface area contributed by atoms with E-state index < -0.39 is 11.9 Å². The number of benzene rings is 4. The van der Waals surface area contributed by atoms with E-state index in [0.29, 0.717) is 33.1 Å². The minimum absolute atomic E-state index is 0.306. The lowest BCUT2D eigenvalue weighted by Gasteiger charge is -2.06. The van der Waals surface area contributed by atoms with Gasteiger partial charge in [-0.15, -0.1) is 22.7 Å². The number of carbonyl (C=O) groups excluding carboxylic acids is 2. The molecule has 6 aromatic rings. The number of unbranched alkanes of at least 4 members (excludes halogenated alkanes) is 10. The number of thiophene rings is 2. The zero-order chi connectivity index (χ0) is 40.2. The Morgan fingerprint density at radius 1 is 0.483 bits per heavy atom. The molecule has 4 aromatic carbocycles. The van der Waals surface area contributed by atoms with Gasteiger partial charge in [-0.3, -0.25) is 0 Å². The highest BCUT2D eigenvalue weighted by molar-refractivity contribution is 9.11. The van der Waals surface area contributed by atoms with Crippen molar-refractivity contribution in [1.29, 1.82) is 0 Å². The number of ether oxygens (including phenoxy) is 2. The van der Waals surface area contributed by atoms with Gasteiger partial charge in [-0.2, -0.15) is 0 Å². The molecule has 0 unspecified atom stereocenters. The standard InChI is InChI=1S/C50H48Br2O4S2/c1-3-5-7-9-11-13-17-35-29-39(57-47(35)51)31-21-25-33(26-22-31)41-43-37-19-15-16-20-38(37)44-42(50(54)56-46(44)45(43)55-49(41)53)34-27-23-32(24-28-34)40-30-36(48(52)58-40)18-14-12-10-8-6-4-2/h15-16,19-30H,3-14,17-18H2,1-2H3. The van der Waals surface area contributed by atoms with Crippen LogP contribution in [0.15, 0.2) is 92.5 Å². The van der Waals surface area contributed by atoms with Crippen LogP contribution in [-0.2, 0) is 22.4 Å². The predicted octanol–water partition coefficient (Wildman–Crippen LogP) is 13.9. The molecule has 2 aromatic heterocycles. The van der Waals surface area contributed by atoms with E-state index in [1.165, 1.54) is 106 Å². The van der Waals surface area contributed by atoms with Gasteiger partial charge in [-0.05, 0) is 114 Å². The summed E-state index contributed by atoms with van der Waals surface area (Å²) in [6.45, 7) is 4.51. The van der Waals surface area contributed by atoms with E-state index in [4.69, 9.17) is 9.47 Å². The number of fused-ring (bicyclic) bond motifs is 6. The Kier molecular flexibility index (Phi) is 13.1. The zero-order valence-electron chi connectivity index (χ0n) is 33.2. The van der Waals surface area contributed by atoms with E-state index in [2.05, 4.69) is 82.1 Å². The molecular weight excluding hydrogens is 888 g/mol. The Balaban J connectivity index is 1.09. The number of aryl methyl sites for hydroxylation is 2. The van der Waals surface area contributed by atoms with Crippen LogP contribution in [0.1, 0.15) is 113 Å². The van der Waals surface area contributed by atoms with Gasteiger partial charge >= 0.3 is 11.9 Å². The Hall–Kier alpha value is -3.82. The Labute approximate surface area is 366 Å². The fourth-order valence-electron chi connectivity index (χ4n) is 8.33. The average Bonchev–Trinajstić information content (AvgIpc) is 4.00. The van der Waals surface area contributed by atoms with Crippen LogP contribution in [0.25, 0.3) is 42.8 Å². The monoisotopic (exact) mass is 934 g/mol. The molecule has 0 saturated heterocycles. The maximum Gasteiger partial charge on any atom is 0.345 e. The average molecular weight is 937 g/mol. The number of hydrogen-bond acceptors (Lipinski definition) is 6. The summed E-state index contributed by atoms with van der Waals surface area (Å²) in [6, 6.07) is 28.8. The van der Waals surface area contributed by atoms with Crippen molar-refractivity contribution in [2.75, 3.05) is 0 Å². The summed E-state index contributed by atoms with van der Waals surface area (Å²) in [4.78, 5) is 30.0. The largest absolute Gasteiger partial charge is 0.418 e. The number of halogens is 2. The smallest absolute Gasteiger partial charge is 0.345 e. The summed E-state index contributed by atoms with van der Waals surface area (Å²) >= 11 is 11.1. The van der Waals surface area contributed by atoms with Crippen LogP contribution in [0.4, 0.5) is 0 Å². The van der Waals surface area contributed by atoms with E-state index in [0.717, 1.165) is 45.9 Å². The molecule has 0 atom stereocenters. The van der Waals surface area contributed by atoms with Crippen LogP contribution in [0.5, 0.6) is 11.5 Å². The quantitative estimate of drug-likeness (QED) is 0.0489. The third kappa shape index (κ3) is 8.45. The lowest BCUT2D eigenvalue weighted by Crippen LogP contribution is -2.15. The van der Waals surface area contributed by atoms with Gasteiger partial charge < -0.3 is 9.47 Å². The van der Waals surface area contributed by atoms with Crippen LogP contribution in [0, 0.1) is 0 Å². The SMILES string of the molecule is CCCCCCCCc1cc(-c2ccc(C3=c4c(c5c(c6ccccc46)=C(c4ccc(-c6cc(CCCCCCCC)c(Br)s6)cc4)C(=O)O5)OC3=O)cc2)sc1Br. The van der Waals surface area contributed by atoms with Gasteiger partial charge in [0.2, 0.25) is 0 Å². The van der Waals surface area contributed by atoms with Crippen molar-refractivity contribution in [1.82, 2.24) is 0 Å². The van der Waals surface area contributed by atoms with Gasteiger partial charge in [0, 0.05) is 20.2 Å². The highest BCUT2D eigenvalue weighted by atomic mass is 79.9. The van der Waals surface area contributed by atoms with Gasteiger partial charge in [0.15, 0.2) is 11.5 Å². The summed E-state index contributed by atoms with van der Waals surface area (Å²) in [5, 5.41) is 3.01. The molecule has 0 saturated carbocycles. The summed E-state index contributed by atoms with van der Waals surface area (Å²) in [7, 11) is 0. The summed E-state index contributed by atoms with van der Waals surface area (Å²) in [5.41, 5.74) is 7.40. The van der Waals surface area contributed by atoms with Crippen LogP contribution >= 0.6 is 54.5 Å². The van der Waals surface area contributed by atoms with E-state index in [1.807, 2.05) is 48.5 Å². The second kappa shape index (κ2) is 18.6. The summed E-state index contributed by atoms with van der Waals surface area (Å²) < 4.78 is 14.4. The highest BCUT2D eigenvalue weighted by Gasteiger charge is 2.36. The zero-order valence-corrected chi connectivity index (χ0v) is 38.0. The maximum absolute atomic E-state index is 13.8. The fraction of sp³-hybridized carbons (Fsp3) is 0.320. The second-order valence-electron chi connectivity index (χ2n) is 15.5. The van der Waals surface area contributed by atoms with Crippen molar-refractivity contribution in [2.45, 2.75) is 104 Å². The van der Waals surface area contributed by atoms with Crippen LogP contribution < -0.4 is 19.9 Å². The van der Waals surface area contributed by atoms with Crippen molar-refractivity contribution < 1.29 is 19.1 Å². The molecule has 4 nitrogen and oxygen atoms in total. The lowest BCUT2D eigenvalue weighted by molar-refractivity contribution is -0.129. The number of carbonyl (C=O) groups is 2. The van der Waals surface area contributed by atoms with Crippen molar-refractivity contribution in [3.8, 4) is 32.4 Å². The molecule has 0 bridgehead atoms. The number of rotatable bonds is 18. The van der Waals surface area contributed by atoms with Gasteiger partial charge in [0.1, 0.15) is 0 Å². The Morgan fingerprint density at radius 2 is 0.845 bits per heavy atom. The van der Waals surface area contributed by atoms with Crippen LogP contribution in [0.2, 0.25) is 0 Å². The molecule has 298 valence electrons. The lowest BCUT2D eigenvalue weighted by atomic mass is 9.95. The van der Waals surface area contributed by atoms with Crippen LogP contribution in [-0.4, -0.2) is 11.9 Å². The molecule has 8 heteroatoms. The molecule has 2 aliphatic rings. The van der Waals surface area contributed by atoms with Gasteiger partial charge in [0.05, 0.1) is 18.7 Å². The molecule has 0 fully saturated rings. The van der Waals surface area contributed by atoms with Gasteiger partial charge in [-0.25, -0.2) is 9.59 Å². The first-order chi connectivity index (χ1) is 28.4. The molecular formula is C50H48Br2O4S2. The van der Waals surface area contributed by atoms with Crippen molar-refractivity contribution in [3.05, 3.63) is 125 Å². The molecule has 58 heavy (non-hydrogen) atoms. The normalized spacial score (nSPS) is 13.4. The van der Waals surface area contributed by atoms with Crippen molar-refractivity contribution in [2.24, 2.45) is 0 Å². The first-order valence-electron chi connectivity index (χ1n) is 20.9. The molecule has 0 N–H and O–H groups in total. The second-order valence-corrected chi connectivity index (χ2v) is 20.2. The molecule has 4 heterocycles. The minimum atomic E-state index is -0.451. The van der Waals surface area contributed by atoms with Crippen molar-refractivity contribution >= 4 is 88.4 Å². The summed E-state index contributed by atoms with van der Waals surface area (Å²) in [5.74, 6) is -0.289. The Bertz CT molecular complexity index is 2420. The van der Waals surface area contributed by atoms with E-state index in [-0.39, 0.29) is 0 Å². The topological polar surface area (TPSA) is 52.6 Å². The third-order valence-corrected chi connectivity index (χ3v) is 15.5. The fourth-order valence-corrected chi connectivity index (χ4v) is 11.9. The first kappa shape index (κ1) is 40.9. The molecule has 0 amide bonds. The van der Waals surface area contributed by atoms with E-state index in [9.17, 15) is 9.59 Å². The molecule has 0 spiro atoms. The highest BCUT2D eigenvalue weighted by Crippen LogP contribution is 2.40. The number of hydrogen-bond donors (Lipinski definition) is 0. The maximum atomic E-state index is 13.8. The van der Waals surface area contributed by atoms with Gasteiger partial charge in [0.25, 0.3) is 0 Å². The van der Waals surface area contributed by atoms with Crippen LogP contribution in [0.3, 0.4) is 0 Å². The van der Waals surface area contributed by atoms with E-state index >= 15 is 0 Å².